The van der Waals surface area contributed by atoms with E-state index in [1.54, 1.807) is 4.90 Å². The molecule has 0 aliphatic carbocycles. The van der Waals surface area contributed by atoms with E-state index in [0.717, 1.165) is 25.7 Å². The number of carbonyl (C=O) groups excluding carboxylic acids is 1. The summed E-state index contributed by atoms with van der Waals surface area (Å²) in [6.07, 6.45) is 28.8. The number of amides is 1. The molecule has 0 spiro atoms. The van der Waals surface area contributed by atoms with Crippen LogP contribution in [-0.4, -0.2) is 58.0 Å². The van der Waals surface area contributed by atoms with E-state index in [1.165, 1.54) is 128 Å². The topological polar surface area (TPSA) is 81.0 Å². The Labute approximate surface area is 237 Å². The van der Waals surface area contributed by atoms with Gasteiger partial charge < -0.3 is 20.2 Å². The second-order valence-electron chi connectivity index (χ2n) is 11.7. The Bertz CT molecular complexity index is 488. The molecule has 0 aliphatic heterocycles. The van der Waals surface area contributed by atoms with Crippen molar-refractivity contribution in [1.29, 1.82) is 0 Å². The summed E-state index contributed by atoms with van der Waals surface area (Å²) in [5, 5.41) is 29.7. The Morgan fingerprint density at radius 2 is 0.895 bits per heavy atom. The van der Waals surface area contributed by atoms with Crippen LogP contribution in [0.5, 0.6) is 0 Å². The highest BCUT2D eigenvalue weighted by Gasteiger charge is 2.23. The lowest BCUT2D eigenvalue weighted by Crippen LogP contribution is -2.44. The third-order valence-electron chi connectivity index (χ3n) is 7.85. The molecule has 0 rings (SSSR count). The van der Waals surface area contributed by atoms with Gasteiger partial charge in [0.15, 0.2) is 0 Å². The minimum absolute atomic E-state index is 0.100. The van der Waals surface area contributed by atoms with Gasteiger partial charge in [0, 0.05) is 13.1 Å². The normalized spacial score (nSPS) is 13.1. The lowest BCUT2D eigenvalue weighted by atomic mass is 10.0. The van der Waals surface area contributed by atoms with Crippen LogP contribution in [0.1, 0.15) is 174 Å². The molecule has 0 aliphatic rings. The first-order valence-electron chi connectivity index (χ1n) is 16.8. The minimum atomic E-state index is -0.999. The molecule has 228 valence electrons. The van der Waals surface area contributed by atoms with Crippen molar-refractivity contribution >= 4 is 5.91 Å². The highest BCUT2D eigenvalue weighted by molar-refractivity contribution is 5.80. The molecule has 3 N–H and O–H groups in total. The van der Waals surface area contributed by atoms with Gasteiger partial charge in [0.25, 0.3) is 5.91 Å². The molecule has 0 aromatic rings. The molecule has 2 atom stereocenters. The van der Waals surface area contributed by atoms with Gasteiger partial charge in [0.2, 0.25) is 0 Å². The van der Waals surface area contributed by atoms with Crippen molar-refractivity contribution in [3.63, 3.8) is 0 Å². The summed E-state index contributed by atoms with van der Waals surface area (Å²) >= 11 is 0. The number of rotatable bonds is 30. The fraction of sp³-hybridized carbons (Fsp3) is 0.970. The molecule has 0 aromatic carbocycles. The van der Waals surface area contributed by atoms with Gasteiger partial charge in [0.05, 0.1) is 12.7 Å². The molecule has 38 heavy (non-hydrogen) atoms. The van der Waals surface area contributed by atoms with Crippen molar-refractivity contribution in [2.75, 3.05) is 19.7 Å². The summed E-state index contributed by atoms with van der Waals surface area (Å²) in [4.78, 5) is 14.4. The third-order valence-corrected chi connectivity index (χ3v) is 7.85. The summed E-state index contributed by atoms with van der Waals surface area (Å²) in [5.41, 5.74) is 0. The summed E-state index contributed by atoms with van der Waals surface area (Å²) in [7, 11) is 0. The van der Waals surface area contributed by atoms with Crippen LogP contribution in [0.3, 0.4) is 0 Å². The van der Waals surface area contributed by atoms with Crippen LogP contribution in [0.25, 0.3) is 0 Å². The van der Waals surface area contributed by atoms with E-state index < -0.39 is 12.2 Å². The van der Waals surface area contributed by atoms with Gasteiger partial charge >= 0.3 is 0 Å². The highest BCUT2D eigenvalue weighted by Crippen LogP contribution is 2.15. The van der Waals surface area contributed by atoms with Gasteiger partial charge in [0.1, 0.15) is 6.10 Å². The zero-order chi connectivity index (χ0) is 28.1. The Balaban J connectivity index is 3.94. The van der Waals surface area contributed by atoms with E-state index in [4.69, 9.17) is 0 Å². The van der Waals surface area contributed by atoms with Crippen molar-refractivity contribution in [2.24, 2.45) is 0 Å². The molecule has 0 heterocycles. The number of aliphatic hydroxyl groups is 3. The van der Waals surface area contributed by atoms with Crippen LogP contribution in [-0.2, 0) is 4.79 Å². The molecule has 0 aromatic heterocycles. The third kappa shape index (κ3) is 24.4. The largest absolute Gasteiger partial charge is 0.394 e. The van der Waals surface area contributed by atoms with E-state index in [0.29, 0.717) is 13.0 Å². The maximum Gasteiger partial charge on any atom is 0.251 e. The molecule has 0 saturated heterocycles. The second kappa shape index (κ2) is 29.3. The molecule has 2 unspecified atom stereocenters. The Kier molecular flexibility index (Phi) is 28.8. The van der Waals surface area contributed by atoms with E-state index in [2.05, 4.69) is 13.8 Å². The Hall–Kier alpha value is -0.650. The van der Waals surface area contributed by atoms with Crippen LogP contribution < -0.4 is 0 Å². The molecule has 0 radical (unpaired) electrons. The number of aliphatic hydroxyl groups excluding tert-OH is 3. The lowest BCUT2D eigenvalue weighted by molar-refractivity contribution is -0.142. The molecule has 0 saturated carbocycles. The zero-order valence-electron chi connectivity index (χ0n) is 25.7. The molecule has 1 amide bonds. The average molecular weight is 542 g/mol. The van der Waals surface area contributed by atoms with E-state index >= 15 is 0 Å². The Morgan fingerprint density at radius 3 is 1.26 bits per heavy atom. The smallest absolute Gasteiger partial charge is 0.251 e. The fourth-order valence-corrected chi connectivity index (χ4v) is 5.26. The predicted molar refractivity (Wildman–Crippen MR) is 162 cm³/mol. The number of carbonyl (C=O) groups is 1. The second-order valence-corrected chi connectivity index (χ2v) is 11.7. The lowest BCUT2D eigenvalue weighted by Gasteiger charge is -2.27. The molecule has 5 nitrogen and oxygen atoms in total. The summed E-state index contributed by atoms with van der Waals surface area (Å²) in [6.45, 7) is 4.79. The maximum atomic E-state index is 12.8. The van der Waals surface area contributed by atoms with Gasteiger partial charge in [-0.25, -0.2) is 0 Å². The summed E-state index contributed by atoms with van der Waals surface area (Å²) in [6, 6.07) is 0. The predicted octanol–water partition coefficient (Wildman–Crippen LogP) is 8.32. The van der Waals surface area contributed by atoms with Crippen LogP contribution in [0.15, 0.2) is 0 Å². The molecule has 0 fully saturated rings. The number of unbranched alkanes of at least 4 members (excludes halogenated alkanes) is 22. The van der Waals surface area contributed by atoms with Crippen LogP contribution in [0.2, 0.25) is 0 Å². The zero-order valence-corrected chi connectivity index (χ0v) is 25.7. The van der Waals surface area contributed by atoms with Crippen LogP contribution >= 0.6 is 0 Å². The quantitative estimate of drug-likeness (QED) is 0.0799. The maximum absolute atomic E-state index is 12.8. The molecule has 0 bridgehead atoms. The van der Waals surface area contributed by atoms with E-state index in [9.17, 15) is 20.1 Å². The van der Waals surface area contributed by atoms with Crippen molar-refractivity contribution in [1.82, 2.24) is 4.90 Å². The van der Waals surface area contributed by atoms with E-state index in [-0.39, 0.29) is 19.1 Å². The summed E-state index contributed by atoms with van der Waals surface area (Å²) in [5.74, 6) is -0.288. The number of nitrogens with zero attached hydrogens (tertiary/aromatic N) is 1. The molecule has 5 heteroatoms. The van der Waals surface area contributed by atoms with Gasteiger partial charge in [-0.15, -0.1) is 0 Å². The fourth-order valence-electron chi connectivity index (χ4n) is 5.26. The van der Waals surface area contributed by atoms with Crippen molar-refractivity contribution in [3.8, 4) is 0 Å². The van der Waals surface area contributed by atoms with Gasteiger partial charge in [-0.2, -0.15) is 0 Å². The first-order valence-corrected chi connectivity index (χ1v) is 16.8. The van der Waals surface area contributed by atoms with E-state index in [1.807, 2.05) is 0 Å². The highest BCUT2D eigenvalue weighted by atomic mass is 16.3. The number of hydrogen-bond donors (Lipinski definition) is 3. The minimum Gasteiger partial charge on any atom is -0.394 e. The Morgan fingerprint density at radius 1 is 0.553 bits per heavy atom. The SMILES string of the molecule is CCCCCCCCCCCCCCC(O)C(=O)N(CCCCCCCCCCCCCC)CC(O)CO. The standard InChI is InChI=1S/C33H67NO4/c1-3-5-7-9-11-13-15-17-19-21-23-25-27-32(37)33(38)34(29-31(36)30-35)28-26-24-22-20-18-16-14-12-10-8-6-4-2/h31-32,35-37H,3-30H2,1-2H3. The van der Waals surface area contributed by atoms with Crippen molar-refractivity contribution in [3.05, 3.63) is 0 Å². The van der Waals surface area contributed by atoms with Gasteiger partial charge in [-0.1, -0.05) is 162 Å². The molecular weight excluding hydrogens is 474 g/mol. The van der Waals surface area contributed by atoms with Crippen molar-refractivity contribution < 1.29 is 20.1 Å². The first kappa shape index (κ1) is 37.4. The summed E-state index contributed by atoms with van der Waals surface area (Å²) < 4.78 is 0. The number of hydrogen-bond acceptors (Lipinski definition) is 4. The van der Waals surface area contributed by atoms with Gasteiger partial charge in [-0.3, -0.25) is 4.79 Å². The van der Waals surface area contributed by atoms with Crippen LogP contribution in [0, 0.1) is 0 Å². The van der Waals surface area contributed by atoms with Crippen molar-refractivity contribution in [2.45, 2.75) is 187 Å². The monoisotopic (exact) mass is 542 g/mol. The van der Waals surface area contributed by atoms with Crippen LogP contribution in [0.4, 0.5) is 0 Å². The molecular formula is C33H67NO4. The average Bonchev–Trinajstić information content (AvgIpc) is 2.92. The van der Waals surface area contributed by atoms with Gasteiger partial charge in [-0.05, 0) is 12.8 Å². The first-order chi connectivity index (χ1) is 18.6.